The maximum absolute atomic E-state index is 5.28. The van der Waals surface area contributed by atoms with Gasteiger partial charge in [0.25, 0.3) is 0 Å². The summed E-state index contributed by atoms with van der Waals surface area (Å²) < 4.78 is -0.274. The van der Waals surface area contributed by atoms with Gasteiger partial charge in [0.2, 0.25) is 0 Å². The minimum atomic E-state index is -0.980. The molecule has 0 spiro atoms. The SMILES string of the molecule is [Na][CH2]C(Cl)(Cl)Cl. The zero-order valence-corrected chi connectivity index (χ0v) is 7.61. The summed E-state index contributed by atoms with van der Waals surface area (Å²) in [4.78, 5) is 0. The van der Waals surface area contributed by atoms with Crippen LogP contribution in [0.4, 0.5) is 0 Å². The third-order valence-corrected chi connectivity index (χ3v) is 3.61. The van der Waals surface area contributed by atoms with E-state index >= 15 is 0 Å². The van der Waals surface area contributed by atoms with E-state index in [-0.39, 0.29) is 0 Å². The molecule has 0 unspecified atom stereocenters. The molecule has 0 bridgehead atoms. The van der Waals surface area contributed by atoms with Crippen LogP contribution in [0.3, 0.4) is 0 Å². The van der Waals surface area contributed by atoms with E-state index in [2.05, 4.69) is 0 Å². The predicted molar refractivity (Wildman–Crippen MR) is 30.9 cm³/mol. The van der Waals surface area contributed by atoms with Crippen molar-refractivity contribution in [3.05, 3.63) is 0 Å². The zero-order valence-electron chi connectivity index (χ0n) is 3.34. The molecule has 6 heavy (non-hydrogen) atoms. The Balaban J connectivity index is 3.17. The zero-order chi connectivity index (χ0) is 5.21. The summed E-state index contributed by atoms with van der Waals surface area (Å²) in [6.07, 6.45) is 0. The van der Waals surface area contributed by atoms with Gasteiger partial charge in [0.05, 0.1) is 0 Å². The molecular weight excluding hydrogens is 153 g/mol. The van der Waals surface area contributed by atoms with Crippen molar-refractivity contribution < 1.29 is 0 Å². The Morgan fingerprint density at radius 2 is 1.50 bits per heavy atom. The summed E-state index contributed by atoms with van der Waals surface area (Å²) in [5.74, 6) is 0. The van der Waals surface area contributed by atoms with Crippen molar-refractivity contribution in [3.63, 3.8) is 0 Å². The number of hydrogen-bond donors (Lipinski definition) is 0. The van der Waals surface area contributed by atoms with Gasteiger partial charge in [-0.2, -0.15) is 0 Å². The van der Waals surface area contributed by atoms with Gasteiger partial charge >= 0.3 is 70.2 Å². The normalized spacial score (nSPS) is 12.2. The Hall–Kier alpha value is 1.87. The fourth-order valence-electron chi connectivity index (χ4n) is 0. The van der Waals surface area contributed by atoms with E-state index in [1.807, 2.05) is 0 Å². The third-order valence-electron chi connectivity index (χ3n) is 0.401. The van der Waals surface area contributed by atoms with E-state index < -0.39 is 3.79 Å². The van der Waals surface area contributed by atoms with Crippen molar-refractivity contribution in [3.8, 4) is 0 Å². The van der Waals surface area contributed by atoms with Gasteiger partial charge in [-0.05, 0) is 0 Å². The molecule has 0 saturated carbocycles. The van der Waals surface area contributed by atoms with Gasteiger partial charge in [0.15, 0.2) is 0 Å². The fraction of sp³-hybridized carbons (Fsp3) is 1.00. The molecule has 0 aliphatic heterocycles. The first kappa shape index (κ1) is 7.87. The summed E-state index contributed by atoms with van der Waals surface area (Å²) >= 11 is 16.8. The van der Waals surface area contributed by atoms with Crippen LogP contribution in [0.5, 0.6) is 0 Å². The molecule has 4 heteroatoms. The van der Waals surface area contributed by atoms with Crippen molar-refractivity contribution in [2.75, 3.05) is 0 Å². The first-order valence-corrected chi connectivity index (χ1v) is 4.18. The van der Waals surface area contributed by atoms with Crippen molar-refractivity contribution in [2.24, 2.45) is 0 Å². The summed E-state index contributed by atoms with van der Waals surface area (Å²) in [6.45, 7) is 0. The van der Waals surface area contributed by atoms with Crippen molar-refractivity contribution >= 4 is 62.7 Å². The van der Waals surface area contributed by atoms with Crippen LogP contribution in [0, 0.1) is 0 Å². The van der Waals surface area contributed by atoms with Gasteiger partial charge in [-0.3, -0.25) is 0 Å². The fourth-order valence-corrected chi connectivity index (χ4v) is 0. The topological polar surface area (TPSA) is 0 Å². The van der Waals surface area contributed by atoms with E-state index in [0.29, 0.717) is 3.67 Å². The van der Waals surface area contributed by atoms with Crippen LogP contribution >= 0.6 is 34.8 Å². The van der Waals surface area contributed by atoms with Crippen molar-refractivity contribution in [1.29, 1.82) is 0 Å². The molecule has 0 N–H and O–H groups in total. The van der Waals surface area contributed by atoms with Crippen molar-refractivity contribution in [2.45, 2.75) is 7.46 Å². The monoisotopic (exact) mass is 154 g/mol. The molecule has 0 aromatic carbocycles. The molecule has 0 saturated heterocycles. The van der Waals surface area contributed by atoms with Crippen LogP contribution < -0.4 is 0 Å². The molecule has 0 aromatic rings. The number of alkyl halides is 3. The molecule has 0 heterocycles. The van der Waals surface area contributed by atoms with Crippen LogP contribution in [-0.4, -0.2) is 31.7 Å². The van der Waals surface area contributed by atoms with Gasteiger partial charge < -0.3 is 0 Å². The predicted octanol–water partition coefficient (Wildman–Crippen LogP) is 1.94. The molecule has 0 aliphatic rings. The van der Waals surface area contributed by atoms with E-state index in [1.165, 1.54) is 0 Å². The van der Waals surface area contributed by atoms with E-state index in [9.17, 15) is 0 Å². The van der Waals surface area contributed by atoms with Gasteiger partial charge in [-0.1, -0.05) is 0 Å². The summed E-state index contributed by atoms with van der Waals surface area (Å²) in [7, 11) is 0. The van der Waals surface area contributed by atoms with E-state index in [0.717, 1.165) is 27.9 Å². The molecule has 0 nitrogen and oxygen atoms in total. The van der Waals surface area contributed by atoms with Crippen LogP contribution in [0.15, 0.2) is 0 Å². The van der Waals surface area contributed by atoms with Crippen LogP contribution in [-0.2, 0) is 0 Å². The second-order valence-electron chi connectivity index (χ2n) is 0.969. The standard InChI is InChI=1S/C2H2Cl3.Na/c1-2(3,4)5;/h1H2;. The Morgan fingerprint density at radius 1 is 1.33 bits per heavy atom. The number of rotatable bonds is 0. The molecule has 0 amide bonds. The molecule has 0 radical (unpaired) electrons. The Kier molecular flexibility index (Phi) is 3.95. The van der Waals surface area contributed by atoms with Gasteiger partial charge in [-0.25, -0.2) is 0 Å². The number of halogens is 3. The van der Waals surface area contributed by atoms with E-state index in [4.69, 9.17) is 34.8 Å². The molecule has 0 aliphatic carbocycles. The van der Waals surface area contributed by atoms with Crippen LogP contribution in [0.2, 0.25) is 3.67 Å². The van der Waals surface area contributed by atoms with Gasteiger partial charge in [0, 0.05) is 0 Å². The minimum absolute atomic E-state index is 0.706. The second-order valence-corrected chi connectivity index (χ2v) is 4.19. The molecule has 32 valence electrons. The maximum atomic E-state index is 5.28. The first-order chi connectivity index (χ1) is 2.56. The second kappa shape index (κ2) is 3.01. The average Bonchev–Trinajstić information content (AvgIpc) is 1.35. The molecule has 0 rings (SSSR count). The molecule has 0 fully saturated rings. The molecular formula is C2H2Cl3Na. The molecule has 0 aromatic heterocycles. The van der Waals surface area contributed by atoms with Crippen molar-refractivity contribution in [1.82, 2.24) is 0 Å². The Labute approximate surface area is 69.5 Å². The van der Waals surface area contributed by atoms with E-state index in [1.54, 1.807) is 0 Å². The number of hydrogen-bond acceptors (Lipinski definition) is 0. The first-order valence-electron chi connectivity index (χ1n) is 1.63. The Bertz CT molecular complexity index is 38.5. The van der Waals surface area contributed by atoms with Gasteiger partial charge in [-0.15, -0.1) is 0 Å². The third kappa shape index (κ3) is 5.87. The Morgan fingerprint density at radius 3 is 1.50 bits per heavy atom. The van der Waals surface area contributed by atoms with Gasteiger partial charge in [0.1, 0.15) is 0 Å². The summed E-state index contributed by atoms with van der Waals surface area (Å²) in [5, 5.41) is 0. The molecule has 0 atom stereocenters. The van der Waals surface area contributed by atoms with Crippen LogP contribution in [0.25, 0.3) is 0 Å². The quantitative estimate of drug-likeness (QED) is 0.370. The summed E-state index contributed by atoms with van der Waals surface area (Å²) in [5.41, 5.74) is 0. The summed E-state index contributed by atoms with van der Waals surface area (Å²) in [6, 6.07) is 0. The van der Waals surface area contributed by atoms with Crippen LogP contribution in [0.1, 0.15) is 0 Å². The average molecular weight is 155 g/mol.